The average molecular weight is 557 g/mol. The lowest BCUT2D eigenvalue weighted by Crippen LogP contribution is -2.63. The molecule has 0 radical (unpaired) electrons. The molecule has 10 heteroatoms. The Morgan fingerprint density at radius 3 is 2.67 bits per heavy atom. The van der Waals surface area contributed by atoms with E-state index in [2.05, 4.69) is 13.5 Å². The van der Waals surface area contributed by atoms with Crippen molar-refractivity contribution in [3.05, 3.63) is 36.2 Å². The van der Waals surface area contributed by atoms with Gasteiger partial charge in [0.1, 0.15) is 5.78 Å². The van der Waals surface area contributed by atoms with E-state index >= 15 is 4.39 Å². The van der Waals surface area contributed by atoms with Gasteiger partial charge in [-0.15, -0.1) is 6.58 Å². The number of ether oxygens (including phenoxy) is 1. The van der Waals surface area contributed by atoms with Crippen molar-refractivity contribution < 1.29 is 38.6 Å². The molecular weight excluding hydrogens is 516 g/mol. The lowest BCUT2D eigenvalue weighted by Gasteiger charge is -2.63. The van der Waals surface area contributed by atoms with Crippen molar-refractivity contribution >= 4 is 24.3 Å². The van der Waals surface area contributed by atoms with Gasteiger partial charge in [-0.05, 0) is 60.0 Å². The van der Waals surface area contributed by atoms with E-state index in [1.807, 2.05) is 20.8 Å². The third-order valence-electron chi connectivity index (χ3n) is 11.6. The molecule has 0 saturated heterocycles. The van der Waals surface area contributed by atoms with Crippen LogP contribution in [-0.2, 0) is 14.2 Å². The highest BCUT2D eigenvalue weighted by Gasteiger charge is 2.69. The highest BCUT2D eigenvalue weighted by atomic mass is 19.1. The molecular formula is C30H41BFNO7. The van der Waals surface area contributed by atoms with Gasteiger partial charge >= 0.3 is 13.1 Å². The fourth-order valence-electron chi connectivity index (χ4n) is 9.05. The van der Waals surface area contributed by atoms with Crippen LogP contribution in [0.3, 0.4) is 0 Å². The predicted octanol–water partition coefficient (Wildman–Crippen LogP) is 2.99. The van der Waals surface area contributed by atoms with Crippen molar-refractivity contribution in [2.24, 2.45) is 45.7 Å². The fraction of sp³-hybridized carbons (Fsp3) is 0.667. The van der Waals surface area contributed by atoms with E-state index in [0.29, 0.717) is 18.4 Å². The van der Waals surface area contributed by atoms with E-state index in [1.165, 1.54) is 12.1 Å². The summed E-state index contributed by atoms with van der Waals surface area (Å²) in [5.74, 6) is -3.84. The van der Waals surface area contributed by atoms with Crippen molar-refractivity contribution in [3.63, 3.8) is 0 Å². The molecule has 1 heterocycles. The van der Waals surface area contributed by atoms with Crippen molar-refractivity contribution in [2.75, 3.05) is 6.54 Å². The van der Waals surface area contributed by atoms with E-state index in [4.69, 9.17) is 15.1 Å². The van der Waals surface area contributed by atoms with Crippen LogP contribution in [0, 0.1) is 45.7 Å². The first kappa shape index (κ1) is 29.2. The summed E-state index contributed by atoms with van der Waals surface area (Å²) in [5.41, 5.74) is 3.84. The summed E-state index contributed by atoms with van der Waals surface area (Å²) in [6.07, 6.45) is 1.39. The molecule has 40 heavy (non-hydrogen) atoms. The van der Waals surface area contributed by atoms with Crippen LogP contribution in [0.15, 0.2) is 24.8 Å². The Balaban J connectivity index is 1.66. The molecule has 10 atom stereocenters. The average Bonchev–Trinajstić information content (AvgIpc) is 3.45. The summed E-state index contributed by atoms with van der Waals surface area (Å²) in [5, 5.41) is 32.7. The van der Waals surface area contributed by atoms with Gasteiger partial charge in [-0.1, -0.05) is 39.8 Å². The smallest absolute Gasteiger partial charge is 0.478 e. The summed E-state index contributed by atoms with van der Waals surface area (Å²) in [4.78, 5) is 26.7. The van der Waals surface area contributed by atoms with Gasteiger partial charge < -0.3 is 30.4 Å². The summed E-state index contributed by atoms with van der Waals surface area (Å²) in [7, 11) is -1.55. The quantitative estimate of drug-likeness (QED) is 0.309. The summed E-state index contributed by atoms with van der Waals surface area (Å²) in [6, 6.07) is 2.88. The Hall–Kier alpha value is -2.27. The minimum Gasteiger partial charge on any atom is -0.478 e. The summed E-state index contributed by atoms with van der Waals surface area (Å²) in [6.45, 7) is 12.0. The zero-order valence-corrected chi connectivity index (χ0v) is 23.7. The third kappa shape index (κ3) is 3.93. The van der Waals surface area contributed by atoms with Crippen molar-refractivity contribution in [3.8, 4) is 5.75 Å². The molecule has 5 N–H and O–H groups in total. The predicted molar refractivity (Wildman–Crippen MR) is 147 cm³/mol. The maximum atomic E-state index is 15.8. The first-order valence-electron chi connectivity index (χ1n) is 14.4. The van der Waals surface area contributed by atoms with Crippen LogP contribution >= 0.6 is 0 Å². The third-order valence-corrected chi connectivity index (χ3v) is 11.6. The molecule has 1 aromatic rings. The second-order valence-corrected chi connectivity index (χ2v) is 13.2. The van der Waals surface area contributed by atoms with Gasteiger partial charge in [-0.2, -0.15) is 0 Å². The van der Waals surface area contributed by atoms with E-state index < -0.39 is 65.3 Å². The number of hydrogen-bond acceptors (Lipinski definition) is 7. The maximum absolute atomic E-state index is 15.8. The number of benzene rings is 1. The van der Waals surface area contributed by atoms with Crippen molar-refractivity contribution in [2.45, 2.75) is 78.1 Å². The second-order valence-electron chi connectivity index (χ2n) is 13.2. The molecule has 1 aromatic carbocycles. The molecule has 2 bridgehead atoms. The lowest BCUT2D eigenvalue weighted by atomic mass is 9.41. The molecule has 3 aliphatic carbocycles. The lowest BCUT2D eigenvalue weighted by molar-refractivity contribution is -0.193. The van der Waals surface area contributed by atoms with Crippen LogP contribution in [0.2, 0.25) is 0 Å². The Morgan fingerprint density at radius 2 is 2.05 bits per heavy atom. The van der Waals surface area contributed by atoms with E-state index in [-0.39, 0.29) is 41.8 Å². The van der Waals surface area contributed by atoms with Gasteiger partial charge in [0.15, 0.2) is 17.7 Å². The van der Waals surface area contributed by atoms with Gasteiger partial charge in [-0.25, -0.2) is 9.18 Å². The Morgan fingerprint density at radius 1 is 1.35 bits per heavy atom. The minimum atomic E-state index is -1.55. The molecule has 0 aromatic heterocycles. The topological polar surface area (TPSA) is 139 Å². The number of aliphatic carboxylic acids is 1. The first-order valence-corrected chi connectivity index (χ1v) is 14.4. The summed E-state index contributed by atoms with van der Waals surface area (Å²) < 4.78 is 27.2. The zero-order chi connectivity index (χ0) is 29.4. The van der Waals surface area contributed by atoms with Crippen LogP contribution in [-0.4, -0.2) is 52.9 Å². The molecule has 0 amide bonds. The summed E-state index contributed by atoms with van der Waals surface area (Å²) >= 11 is 0. The highest BCUT2D eigenvalue weighted by Crippen LogP contribution is 2.69. The number of carbonyl (C=O) groups is 2. The first-order chi connectivity index (χ1) is 18.8. The highest BCUT2D eigenvalue weighted by molar-refractivity contribution is 6.62. The van der Waals surface area contributed by atoms with Crippen LogP contribution < -0.4 is 15.9 Å². The molecule has 5 rings (SSSR count). The van der Waals surface area contributed by atoms with E-state index in [9.17, 15) is 24.8 Å². The zero-order valence-electron chi connectivity index (χ0n) is 23.7. The van der Waals surface area contributed by atoms with Crippen LogP contribution in [0.4, 0.5) is 4.39 Å². The van der Waals surface area contributed by atoms with Crippen molar-refractivity contribution in [1.29, 1.82) is 0 Å². The molecule has 1 aliphatic heterocycles. The number of nitrogens with two attached hydrogens (primary N) is 1. The number of aliphatic hydroxyl groups excluding tert-OH is 1. The molecule has 4 aliphatic rings. The number of fused-ring (bicyclic) bond motifs is 1. The normalized spacial score (nSPS) is 41.5. The number of carboxylic acids is 1. The molecule has 3 fully saturated rings. The van der Waals surface area contributed by atoms with Crippen molar-refractivity contribution in [1.82, 2.24) is 0 Å². The number of rotatable bonds is 6. The van der Waals surface area contributed by atoms with Gasteiger partial charge in [0, 0.05) is 35.7 Å². The number of Topliss-reactive ketones (excluding diaryl/α,β-unsaturated/α-hetero) is 1. The van der Waals surface area contributed by atoms with Gasteiger partial charge in [0.05, 0.1) is 12.2 Å². The van der Waals surface area contributed by atoms with Crippen LogP contribution in [0.25, 0.3) is 0 Å². The van der Waals surface area contributed by atoms with Gasteiger partial charge in [0.25, 0.3) is 0 Å². The molecule has 0 spiro atoms. The molecule has 2 unspecified atom stereocenters. The number of hydrogen-bond donors (Lipinski definition) is 4. The Kier molecular flexibility index (Phi) is 7.26. The monoisotopic (exact) mass is 557 g/mol. The van der Waals surface area contributed by atoms with Gasteiger partial charge in [0.2, 0.25) is 0 Å². The molecule has 3 saturated carbocycles. The number of carbonyl (C=O) groups excluding carboxylic acids is 1. The molecule has 8 nitrogen and oxygen atoms in total. The van der Waals surface area contributed by atoms with Crippen LogP contribution in [0.1, 0.15) is 71.5 Å². The Bertz CT molecular complexity index is 1230. The minimum absolute atomic E-state index is 0.0231. The number of ketones is 1. The fourth-order valence-corrected chi connectivity index (χ4v) is 9.05. The number of halogens is 1. The van der Waals surface area contributed by atoms with E-state index in [0.717, 1.165) is 12.8 Å². The van der Waals surface area contributed by atoms with Crippen LogP contribution in [0.5, 0.6) is 5.75 Å². The number of carboxylic acid groups (broad SMARTS) is 1. The maximum Gasteiger partial charge on any atom is 0.495 e. The van der Waals surface area contributed by atoms with Gasteiger partial charge in [-0.3, -0.25) is 4.79 Å². The van der Waals surface area contributed by atoms with E-state index in [1.54, 1.807) is 6.08 Å². The number of aliphatic hydroxyl groups is 1. The Labute approximate surface area is 235 Å². The molecule has 218 valence electrons. The standard InChI is InChI=1S/C30H41BFNO7/c1-6-28(4)13-18(29(5)15(2)9-11-30(16(3)26(28)35)12-10-19(34)25(29)30)24(27(36)37)39-20-8-7-17-21(14-33)40-31(38)22(17)23(20)32/h6-8,15-16,18,21,24-26,35,38H,1,9-14,33H2,2-5H3,(H,36,37)/t15-,16+,18+,21?,24?,25+,26+,28-,29-,30+/m1/s1. The SMILES string of the molecule is C=C[C@]1(C)C[C@@H](C(Oc2ccc3c(c2F)B(O)OC3CN)C(=O)O)[C@@]2(C)[C@H](C)CC[C@]3(CCC(=O)[C@H]32)[C@@H](C)[C@@H]1O. The second kappa shape index (κ2) is 9.93. The largest absolute Gasteiger partial charge is 0.495 e.